The minimum absolute atomic E-state index is 0.289. The summed E-state index contributed by atoms with van der Waals surface area (Å²) >= 11 is 4.94. The van der Waals surface area contributed by atoms with E-state index in [2.05, 4.69) is 13.8 Å². The number of hydrogen-bond acceptors (Lipinski definition) is 3. The van der Waals surface area contributed by atoms with Crippen LogP contribution >= 0.6 is 12.2 Å². The highest BCUT2D eigenvalue weighted by Crippen LogP contribution is 2.31. The van der Waals surface area contributed by atoms with Gasteiger partial charge < -0.3 is 15.2 Å². The molecule has 100 valence electrons. The van der Waals surface area contributed by atoms with Gasteiger partial charge in [0.05, 0.1) is 18.7 Å². The Hall–Kier alpha value is -1.29. The first-order valence-corrected chi connectivity index (χ1v) is 6.58. The molecule has 2 N–H and O–H groups in total. The maximum Gasteiger partial charge on any atom is 0.161 e. The molecule has 0 aliphatic heterocycles. The third-order valence-corrected chi connectivity index (χ3v) is 2.89. The summed E-state index contributed by atoms with van der Waals surface area (Å²) < 4.78 is 11.0. The third-order valence-electron chi connectivity index (χ3n) is 2.73. The van der Waals surface area contributed by atoms with Crippen LogP contribution in [0.4, 0.5) is 0 Å². The van der Waals surface area contributed by atoms with Crippen LogP contribution < -0.4 is 15.2 Å². The summed E-state index contributed by atoms with van der Waals surface area (Å²) in [5.74, 6) is 1.83. The van der Waals surface area contributed by atoms with Crippen molar-refractivity contribution in [2.75, 3.05) is 13.7 Å². The quantitative estimate of drug-likeness (QED) is 0.770. The lowest BCUT2D eigenvalue weighted by molar-refractivity contribution is 0.294. The van der Waals surface area contributed by atoms with Gasteiger partial charge in [0, 0.05) is 6.42 Å². The SMILES string of the molecule is CCCOc1ccc(C(C)CC(N)=S)cc1OC. The Bertz CT molecular complexity index is 407. The van der Waals surface area contributed by atoms with Crippen molar-refractivity contribution in [3.05, 3.63) is 23.8 Å². The predicted octanol–water partition coefficient (Wildman–Crippen LogP) is 3.26. The average molecular weight is 267 g/mol. The Balaban J connectivity index is 2.86. The van der Waals surface area contributed by atoms with Gasteiger partial charge in [-0.25, -0.2) is 0 Å². The Morgan fingerprint density at radius 1 is 1.39 bits per heavy atom. The smallest absolute Gasteiger partial charge is 0.161 e. The minimum atomic E-state index is 0.289. The van der Waals surface area contributed by atoms with Gasteiger partial charge in [-0.2, -0.15) is 0 Å². The maximum atomic E-state index is 5.62. The fraction of sp³-hybridized carbons (Fsp3) is 0.500. The number of ether oxygens (including phenoxy) is 2. The van der Waals surface area contributed by atoms with Gasteiger partial charge in [-0.3, -0.25) is 0 Å². The van der Waals surface area contributed by atoms with E-state index in [0.29, 0.717) is 18.0 Å². The van der Waals surface area contributed by atoms with Crippen molar-refractivity contribution in [1.82, 2.24) is 0 Å². The fourth-order valence-electron chi connectivity index (χ4n) is 1.74. The number of rotatable bonds is 7. The van der Waals surface area contributed by atoms with E-state index in [1.165, 1.54) is 0 Å². The zero-order chi connectivity index (χ0) is 13.5. The van der Waals surface area contributed by atoms with Crippen LogP contribution in [0.5, 0.6) is 11.5 Å². The standard InChI is InChI=1S/C14H21NO2S/c1-4-7-17-12-6-5-11(9-13(12)16-3)10(2)8-14(15)18/h5-6,9-10H,4,7-8H2,1-3H3,(H2,15,18). The molecule has 0 aliphatic carbocycles. The van der Waals surface area contributed by atoms with Crippen molar-refractivity contribution >= 4 is 17.2 Å². The fourth-order valence-corrected chi connectivity index (χ4v) is 1.99. The molecule has 0 bridgehead atoms. The normalized spacial score (nSPS) is 11.9. The second-order valence-corrected chi connectivity index (χ2v) is 4.85. The summed E-state index contributed by atoms with van der Waals surface area (Å²) in [6.45, 7) is 4.86. The number of thiocarbonyl (C=S) groups is 1. The van der Waals surface area contributed by atoms with E-state index in [1.807, 2.05) is 18.2 Å². The largest absolute Gasteiger partial charge is 0.493 e. The molecule has 0 amide bonds. The van der Waals surface area contributed by atoms with Gasteiger partial charge in [-0.05, 0) is 30.0 Å². The van der Waals surface area contributed by atoms with E-state index in [4.69, 9.17) is 27.4 Å². The summed E-state index contributed by atoms with van der Waals surface area (Å²) in [5.41, 5.74) is 6.73. The van der Waals surface area contributed by atoms with Gasteiger partial charge in [0.1, 0.15) is 0 Å². The first-order chi connectivity index (χ1) is 8.58. The van der Waals surface area contributed by atoms with Crippen LogP contribution in [0.2, 0.25) is 0 Å². The van der Waals surface area contributed by atoms with E-state index >= 15 is 0 Å². The Morgan fingerprint density at radius 3 is 2.67 bits per heavy atom. The van der Waals surface area contributed by atoms with Crippen molar-refractivity contribution in [2.24, 2.45) is 5.73 Å². The third kappa shape index (κ3) is 4.18. The molecule has 0 saturated carbocycles. The molecule has 0 aliphatic rings. The summed E-state index contributed by atoms with van der Waals surface area (Å²) in [5, 5.41) is 0. The predicted molar refractivity (Wildman–Crippen MR) is 78.6 cm³/mol. The summed E-state index contributed by atoms with van der Waals surface area (Å²) in [6, 6.07) is 5.98. The zero-order valence-corrected chi connectivity index (χ0v) is 12.0. The number of hydrogen-bond donors (Lipinski definition) is 1. The van der Waals surface area contributed by atoms with Crippen molar-refractivity contribution in [1.29, 1.82) is 0 Å². The van der Waals surface area contributed by atoms with Crippen LogP contribution in [0.3, 0.4) is 0 Å². The molecule has 1 atom stereocenters. The van der Waals surface area contributed by atoms with Gasteiger partial charge in [-0.1, -0.05) is 32.1 Å². The van der Waals surface area contributed by atoms with E-state index in [-0.39, 0.29) is 5.92 Å². The molecule has 3 nitrogen and oxygen atoms in total. The lowest BCUT2D eigenvalue weighted by Gasteiger charge is -2.15. The molecule has 0 fully saturated rings. The number of nitrogens with two attached hydrogens (primary N) is 1. The first-order valence-electron chi connectivity index (χ1n) is 6.17. The van der Waals surface area contributed by atoms with E-state index in [0.717, 1.165) is 23.5 Å². The summed E-state index contributed by atoms with van der Waals surface area (Å²) in [6.07, 6.45) is 1.68. The number of methoxy groups -OCH3 is 1. The zero-order valence-electron chi connectivity index (χ0n) is 11.2. The molecule has 1 aromatic carbocycles. The Kier molecular flexibility index (Phi) is 5.92. The second kappa shape index (κ2) is 7.21. The summed E-state index contributed by atoms with van der Waals surface area (Å²) in [7, 11) is 1.65. The molecule has 0 spiro atoms. The molecular weight excluding hydrogens is 246 g/mol. The summed E-state index contributed by atoms with van der Waals surface area (Å²) in [4.78, 5) is 0.535. The molecule has 4 heteroatoms. The second-order valence-electron chi connectivity index (χ2n) is 4.33. The van der Waals surface area contributed by atoms with Gasteiger partial charge in [0.15, 0.2) is 11.5 Å². The van der Waals surface area contributed by atoms with Gasteiger partial charge >= 0.3 is 0 Å². The van der Waals surface area contributed by atoms with Crippen molar-refractivity contribution in [3.63, 3.8) is 0 Å². The van der Waals surface area contributed by atoms with Crippen LogP contribution in [0, 0.1) is 0 Å². The van der Waals surface area contributed by atoms with Crippen LogP contribution in [0.1, 0.15) is 38.2 Å². The van der Waals surface area contributed by atoms with Crippen molar-refractivity contribution < 1.29 is 9.47 Å². The Labute approximate surface area is 114 Å². The highest BCUT2D eigenvalue weighted by molar-refractivity contribution is 7.80. The molecular formula is C14H21NO2S. The highest BCUT2D eigenvalue weighted by Gasteiger charge is 2.11. The molecule has 1 unspecified atom stereocenters. The van der Waals surface area contributed by atoms with E-state index < -0.39 is 0 Å². The molecule has 18 heavy (non-hydrogen) atoms. The van der Waals surface area contributed by atoms with Crippen molar-refractivity contribution in [3.8, 4) is 11.5 Å². The van der Waals surface area contributed by atoms with Crippen LogP contribution in [-0.4, -0.2) is 18.7 Å². The maximum absolute atomic E-state index is 5.62. The average Bonchev–Trinajstić information content (AvgIpc) is 2.35. The number of benzene rings is 1. The molecule has 1 rings (SSSR count). The van der Waals surface area contributed by atoms with Gasteiger partial charge in [-0.15, -0.1) is 0 Å². The molecule has 0 radical (unpaired) electrons. The monoisotopic (exact) mass is 267 g/mol. The van der Waals surface area contributed by atoms with Crippen molar-refractivity contribution in [2.45, 2.75) is 32.6 Å². The lowest BCUT2D eigenvalue weighted by atomic mass is 9.97. The van der Waals surface area contributed by atoms with Gasteiger partial charge in [0.2, 0.25) is 0 Å². The molecule has 0 heterocycles. The molecule has 1 aromatic rings. The molecule has 0 saturated heterocycles. The van der Waals surface area contributed by atoms with Crippen LogP contribution in [0.25, 0.3) is 0 Å². The highest BCUT2D eigenvalue weighted by atomic mass is 32.1. The Morgan fingerprint density at radius 2 is 2.11 bits per heavy atom. The van der Waals surface area contributed by atoms with E-state index in [9.17, 15) is 0 Å². The first kappa shape index (κ1) is 14.8. The van der Waals surface area contributed by atoms with Crippen LogP contribution in [0.15, 0.2) is 18.2 Å². The van der Waals surface area contributed by atoms with Crippen LogP contribution in [-0.2, 0) is 0 Å². The molecule has 0 aromatic heterocycles. The lowest BCUT2D eigenvalue weighted by Crippen LogP contribution is -2.11. The topological polar surface area (TPSA) is 44.5 Å². The van der Waals surface area contributed by atoms with Gasteiger partial charge in [0.25, 0.3) is 0 Å². The van der Waals surface area contributed by atoms with E-state index in [1.54, 1.807) is 7.11 Å². The minimum Gasteiger partial charge on any atom is -0.493 e.